The smallest absolute Gasteiger partial charge is 0.373 e. The SMILES string of the molecule is COC(=O)c1ccc(Oc2ncnc(Nc3cc(Cl)ccc3Cl)c2[N+](=O)[O-])cc1. The Bertz CT molecular complexity index is 1080. The van der Waals surface area contributed by atoms with Crippen molar-refractivity contribution in [3.8, 4) is 11.6 Å². The zero-order valence-corrected chi connectivity index (χ0v) is 16.3. The van der Waals surface area contributed by atoms with Gasteiger partial charge in [-0.3, -0.25) is 10.1 Å². The Morgan fingerprint density at radius 3 is 2.52 bits per heavy atom. The third-order valence-electron chi connectivity index (χ3n) is 3.64. The average Bonchev–Trinajstić information content (AvgIpc) is 2.70. The van der Waals surface area contributed by atoms with E-state index in [-0.39, 0.29) is 17.4 Å². The standard InChI is InChI=1S/C18H12Cl2N4O5/c1-28-18(25)10-2-5-12(6-3-10)29-17-15(24(26)27)16(21-9-22-17)23-14-8-11(19)4-7-13(14)20/h2-9H,1H3,(H,21,22,23). The minimum absolute atomic E-state index is 0.129. The monoisotopic (exact) mass is 434 g/mol. The van der Waals surface area contributed by atoms with Crippen LogP contribution >= 0.6 is 23.2 Å². The Hall–Kier alpha value is -3.43. The van der Waals surface area contributed by atoms with Crippen LogP contribution in [0, 0.1) is 10.1 Å². The Kier molecular flexibility index (Phi) is 6.10. The first-order valence-electron chi connectivity index (χ1n) is 7.96. The third-order valence-corrected chi connectivity index (χ3v) is 4.21. The number of anilines is 2. The summed E-state index contributed by atoms with van der Waals surface area (Å²) in [5.74, 6) is -0.715. The van der Waals surface area contributed by atoms with E-state index in [4.69, 9.17) is 27.9 Å². The van der Waals surface area contributed by atoms with Gasteiger partial charge in [-0.25, -0.2) is 9.78 Å². The van der Waals surface area contributed by atoms with Crippen LogP contribution in [-0.2, 0) is 4.74 Å². The number of carbonyl (C=O) groups excluding carboxylic acids is 1. The molecule has 3 aromatic rings. The maximum Gasteiger partial charge on any atom is 0.373 e. The average molecular weight is 435 g/mol. The molecule has 11 heteroatoms. The van der Waals surface area contributed by atoms with E-state index < -0.39 is 16.6 Å². The van der Waals surface area contributed by atoms with Crippen LogP contribution in [0.4, 0.5) is 17.2 Å². The molecule has 1 heterocycles. The molecule has 0 saturated heterocycles. The van der Waals surface area contributed by atoms with Gasteiger partial charge in [-0.1, -0.05) is 23.2 Å². The molecule has 1 aromatic heterocycles. The largest absolute Gasteiger partial charge is 0.465 e. The third kappa shape index (κ3) is 4.71. The van der Waals surface area contributed by atoms with Gasteiger partial charge >= 0.3 is 17.5 Å². The normalized spacial score (nSPS) is 10.3. The molecule has 0 spiro atoms. The van der Waals surface area contributed by atoms with E-state index in [0.29, 0.717) is 21.3 Å². The Morgan fingerprint density at radius 2 is 1.86 bits per heavy atom. The first-order chi connectivity index (χ1) is 13.9. The molecule has 0 unspecified atom stereocenters. The number of rotatable bonds is 6. The fraction of sp³-hybridized carbons (Fsp3) is 0.0556. The molecule has 29 heavy (non-hydrogen) atoms. The Labute approximate surface area is 174 Å². The van der Waals surface area contributed by atoms with Crippen molar-refractivity contribution in [1.82, 2.24) is 9.97 Å². The number of aromatic nitrogens is 2. The second-order valence-electron chi connectivity index (χ2n) is 5.50. The Morgan fingerprint density at radius 1 is 1.14 bits per heavy atom. The van der Waals surface area contributed by atoms with E-state index in [1.165, 1.54) is 37.4 Å². The van der Waals surface area contributed by atoms with Gasteiger partial charge < -0.3 is 14.8 Å². The van der Waals surface area contributed by atoms with Crippen LogP contribution < -0.4 is 10.1 Å². The molecule has 1 N–H and O–H groups in total. The molecular weight excluding hydrogens is 423 g/mol. The number of hydrogen-bond acceptors (Lipinski definition) is 8. The summed E-state index contributed by atoms with van der Waals surface area (Å²) < 4.78 is 10.1. The van der Waals surface area contributed by atoms with Gasteiger partial charge in [-0.15, -0.1) is 0 Å². The number of halogens is 2. The van der Waals surface area contributed by atoms with Crippen LogP contribution in [0.5, 0.6) is 11.6 Å². The number of esters is 1. The molecule has 3 rings (SSSR count). The molecule has 0 aliphatic heterocycles. The number of hydrogen-bond donors (Lipinski definition) is 1. The van der Waals surface area contributed by atoms with E-state index in [1.54, 1.807) is 12.1 Å². The van der Waals surface area contributed by atoms with Gasteiger partial charge in [-0.2, -0.15) is 4.98 Å². The molecule has 0 amide bonds. The van der Waals surface area contributed by atoms with Crippen molar-refractivity contribution in [3.63, 3.8) is 0 Å². The number of ether oxygens (including phenoxy) is 2. The van der Waals surface area contributed by atoms with E-state index in [9.17, 15) is 14.9 Å². The minimum Gasteiger partial charge on any atom is -0.465 e. The summed E-state index contributed by atoms with van der Waals surface area (Å²) >= 11 is 12.0. The number of methoxy groups -OCH3 is 1. The lowest BCUT2D eigenvalue weighted by molar-refractivity contribution is -0.385. The zero-order valence-electron chi connectivity index (χ0n) is 14.8. The highest BCUT2D eigenvalue weighted by molar-refractivity contribution is 6.35. The summed E-state index contributed by atoms with van der Waals surface area (Å²) in [7, 11) is 1.26. The number of nitrogens with zero attached hydrogens (tertiary/aromatic N) is 3. The van der Waals surface area contributed by atoms with Gasteiger partial charge in [0.1, 0.15) is 12.1 Å². The van der Waals surface area contributed by atoms with Gasteiger partial charge in [0.25, 0.3) is 0 Å². The fourth-order valence-electron chi connectivity index (χ4n) is 2.30. The van der Waals surface area contributed by atoms with Crippen molar-refractivity contribution in [3.05, 3.63) is 74.5 Å². The lowest BCUT2D eigenvalue weighted by Crippen LogP contribution is -2.04. The van der Waals surface area contributed by atoms with Crippen molar-refractivity contribution >= 4 is 46.4 Å². The maximum atomic E-state index is 11.6. The van der Waals surface area contributed by atoms with Gasteiger partial charge in [0.15, 0.2) is 0 Å². The van der Waals surface area contributed by atoms with E-state index >= 15 is 0 Å². The summed E-state index contributed by atoms with van der Waals surface area (Å²) in [5, 5.41) is 15.1. The summed E-state index contributed by atoms with van der Waals surface area (Å²) in [5.41, 5.74) is 0.130. The van der Waals surface area contributed by atoms with Crippen LogP contribution in [0.3, 0.4) is 0 Å². The second-order valence-corrected chi connectivity index (χ2v) is 6.34. The zero-order chi connectivity index (χ0) is 21.0. The highest BCUT2D eigenvalue weighted by atomic mass is 35.5. The summed E-state index contributed by atoms with van der Waals surface area (Å²) in [4.78, 5) is 30.2. The van der Waals surface area contributed by atoms with Crippen molar-refractivity contribution in [2.24, 2.45) is 0 Å². The first kappa shape index (κ1) is 20.3. The van der Waals surface area contributed by atoms with Gasteiger partial charge in [0, 0.05) is 5.02 Å². The topological polar surface area (TPSA) is 116 Å². The minimum atomic E-state index is -0.682. The highest BCUT2D eigenvalue weighted by Gasteiger charge is 2.26. The van der Waals surface area contributed by atoms with Crippen LogP contribution in [0.15, 0.2) is 48.8 Å². The molecule has 0 bridgehead atoms. The second kappa shape index (κ2) is 8.72. The van der Waals surface area contributed by atoms with Crippen molar-refractivity contribution in [2.75, 3.05) is 12.4 Å². The predicted octanol–water partition coefficient (Wildman–Crippen LogP) is 5.01. The highest BCUT2D eigenvalue weighted by Crippen LogP contribution is 2.37. The van der Waals surface area contributed by atoms with Crippen LogP contribution in [0.2, 0.25) is 10.0 Å². The summed E-state index contributed by atoms with van der Waals surface area (Å²) in [6.07, 6.45) is 1.10. The first-order valence-corrected chi connectivity index (χ1v) is 8.72. The van der Waals surface area contributed by atoms with E-state index in [0.717, 1.165) is 6.33 Å². The summed E-state index contributed by atoms with van der Waals surface area (Å²) in [6, 6.07) is 10.5. The molecule has 0 radical (unpaired) electrons. The number of benzene rings is 2. The number of carbonyl (C=O) groups is 1. The van der Waals surface area contributed by atoms with Crippen molar-refractivity contribution in [2.45, 2.75) is 0 Å². The van der Waals surface area contributed by atoms with E-state index in [2.05, 4.69) is 20.0 Å². The molecule has 0 aliphatic carbocycles. The van der Waals surface area contributed by atoms with E-state index in [1.807, 2.05) is 0 Å². The molecule has 0 fully saturated rings. The van der Waals surface area contributed by atoms with Crippen molar-refractivity contribution in [1.29, 1.82) is 0 Å². The van der Waals surface area contributed by atoms with Crippen LogP contribution in [0.25, 0.3) is 0 Å². The number of nitro groups is 1. The molecule has 148 valence electrons. The summed E-state index contributed by atoms with van der Waals surface area (Å²) in [6.45, 7) is 0. The quantitative estimate of drug-likeness (QED) is 0.326. The molecular formula is C18H12Cl2N4O5. The van der Waals surface area contributed by atoms with Crippen molar-refractivity contribution < 1.29 is 19.2 Å². The molecule has 0 saturated carbocycles. The van der Waals surface area contributed by atoms with Crippen LogP contribution in [0.1, 0.15) is 10.4 Å². The number of nitrogens with one attached hydrogen (secondary N) is 1. The Balaban J connectivity index is 1.94. The van der Waals surface area contributed by atoms with Gasteiger partial charge in [-0.05, 0) is 42.5 Å². The van der Waals surface area contributed by atoms with Gasteiger partial charge in [0.2, 0.25) is 5.82 Å². The molecule has 2 aromatic carbocycles. The fourth-order valence-corrected chi connectivity index (χ4v) is 2.64. The lowest BCUT2D eigenvalue weighted by Gasteiger charge is -2.11. The maximum absolute atomic E-state index is 11.6. The molecule has 9 nitrogen and oxygen atoms in total. The predicted molar refractivity (Wildman–Crippen MR) is 106 cm³/mol. The molecule has 0 atom stereocenters. The van der Waals surface area contributed by atoms with Gasteiger partial charge in [0.05, 0.1) is 28.3 Å². The molecule has 0 aliphatic rings. The lowest BCUT2D eigenvalue weighted by atomic mass is 10.2. The van der Waals surface area contributed by atoms with Crippen LogP contribution in [-0.4, -0.2) is 28.0 Å².